The SMILES string of the molecule is O=S(c1ccc(-c2ccccn2)cc1)N1CC(c2ncc[nH]2)C1. The van der Waals surface area contributed by atoms with Crippen molar-refractivity contribution in [3.8, 4) is 11.3 Å². The Labute approximate surface area is 137 Å². The summed E-state index contributed by atoms with van der Waals surface area (Å²) in [6.07, 6.45) is 5.35. The van der Waals surface area contributed by atoms with E-state index < -0.39 is 11.0 Å². The van der Waals surface area contributed by atoms with Gasteiger partial charge in [0, 0.05) is 43.2 Å². The standard InChI is InChI=1S/C17H16N4OS/c22-23(21-11-14(12-21)17-19-9-10-20-17)15-6-4-13(5-7-15)16-3-1-2-8-18-16/h1-10,14H,11-12H2,(H,19,20). The molecule has 1 aromatic carbocycles. The van der Waals surface area contributed by atoms with E-state index in [2.05, 4.69) is 15.0 Å². The van der Waals surface area contributed by atoms with Gasteiger partial charge in [-0.2, -0.15) is 0 Å². The van der Waals surface area contributed by atoms with E-state index in [4.69, 9.17) is 0 Å². The molecule has 3 heterocycles. The normalized spacial score (nSPS) is 16.9. The third-order valence-electron chi connectivity index (χ3n) is 4.01. The number of aromatic nitrogens is 3. The number of nitrogens with zero attached hydrogens (tertiary/aromatic N) is 3. The minimum atomic E-state index is -1.12. The summed E-state index contributed by atoms with van der Waals surface area (Å²) < 4.78 is 14.5. The van der Waals surface area contributed by atoms with E-state index in [-0.39, 0.29) is 0 Å². The predicted molar refractivity (Wildman–Crippen MR) is 89.0 cm³/mol. The summed E-state index contributed by atoms with van der Waals surface area (Å²) in [7, 11) is -1.12. The fraction of sp³-hybridized carbons (Fsp3) is 0.176. The zero-order valence-electron chi connectivity index (χ0n) is 12.4. The van der Waals surface area contributed by atoms with Crippen molar-refractivity contribution in [1.29, 1.82) is 0 Å². The quantitative estimate of drug-likeness (QED) is 0.802. The Morgan fingerprint density at radius 2 is 1.87 bits per heavy atom. The van der Waals surface area contributed by atoms with Crippen molar-refractivity contribution in [2.24, 2.45) is 0 Å². The Morgan fingerprint density at radius 3 is 2.52 bits per heavy atom. The molecule has 0 saturated carbocycles. The van der Waals surface area contributed by atoms with Gasteiger partial charge < -0.3 is 4.98 Å². The number of imidazole rings is 1. The zero-order valence-corrected chi connectivity index (χ0v) is 13.2. The lowest BCUT2D eigenvalue weighted by Gasteiger charge is -2.36. The van der Waals surface area contributed by atoms with Crippen molar-refractivity contribution < 1.29 is 4.21 Å². The van der Waals surface area contributed by atoms with E-state index in [1.165, 1.54) is 0 Å². The number of H-pyrrole nitrogens is 1. The highest BCUT2D eigenvalue weighted by Gasteiger charge is 2.33. The summed E-state index contributed by atoms with van der Waals surface area (Å²) in [4.78, 5) is 12.5. The largest absolute Gasteiger partial charge is 0.348 e. The molecule has 1 aliphatic rings. The Balaban J connectivity index is 1.44. The smallest absolute Gasteiger partial charge is 0.127 e. The first-order valence-corrected chi connectivity index (χ1v) is 8.59. The second-order valence-electron chi connectivity index (χ2n) is 5.51. The van der Waals surface area contributed by atoms with Crippen LogP contribution in [-0.2, 0) is 11.0 Å². The summed E-state index contributed by atoms with van der Waals surface area (Å²) in [6.45, 7) is 1.53. The molecule has 23 heavy (non-hydrogen) atoms. The van der Waals surface area contributed by atoms with Gasteiger partial charge in [-0.1, -0.05) is 18.2 Å². The van der Waals surface area contributed by atoms with Crippen LogP contribution < -0.4 is 0 Å². The van der Waals surface area contributed by atoms with Gasteiger partial charge in [-0.3, -0.25) is 4.98 Å². The summed E-state index contributed by atoms with van der Waals surface area (Å²) in [5.74, 6) is 1.32. The van der Waals surface area contributed by atoms with E-state index in [9.17, 15) is 4.21 Å². The molecule has 5 nitrogen and oxygen atoms in total. The summed E-state index contributed by atoms with van der Waals surface area (Å²) in [5.41, 5.74) is 1.95. The molecule has 1 unspecified atom stereocenters. The summed E-state index contributed by atoms with van der Waals surface area (Å²) in [5, 5.41) is 0. The maximum Gasteiger partial charge on any atom is 0.127 e. The van der Waals surface area contributed by atoms with Gasteiger partial charge in [-0.05, 0) is 24.3 Å². The van der Waals surface area contributed by atoms with Crippen LogP contribution in [-0.4, -0.2) is 36.6 Å². The minimum absolute atomic E-state index is 0.349. The average Bonchev–Trinajstić information content (AvgIpc) is 3.08. The number of pyridine rings is 1. The summed E-state index contributed by atoms with van der Waals surface area (Å²) >= 11 is 0. The minimum Gasteiger partial charge on any atom is -0.348 e. The highest BCUT2D eigenvalue weighted by atomic mass is 32.2. The van der Waals surface area contributed by atoms with Crippen molar-refractivity contribution in [1.82, 2.24) is 19.3 Å². The lowest BCUT2D eigenvalue weighted by molar-refractivity contribution is 0.270. The van der Waals surface area contributed by atoms with Crippen LogP contribution in [0.4, 0.5) is 0 Å². The molecule has 1 aliphatic heterocycles. The first-order chi connectivity index (χ1) is 11.3. The van der Waals surface area contributed by atoms with Crippen LogP contribution in [0.2, 0.25) is 0 Å². The highest BCUT2D eigenvalue weighted by molar-refractivity contribution is 7.82. The van der Waals surface area contributed by atoms with Crippen molar-refractivity contribution in [3.63, 3.8) is 0 Å². The molecule has 1 fully saturated rings. The fourth-order valence-corrected chi connectivity index (χ4v) is 3.97. The molecule has 116 valence electrons. The molecule has 4 rings (SSSR count). The molecular weight excluding hydrogens is 308 g/mol. The maximum absolute atomic E-state index is 12.6. The lowest BCUT2D eigenvalue weighted by Crippen LogP contribution is -2.46. The van der Waals surface area contributed by atoms with Crippen molar-refractivity contribution >= 4 is 11.0 Å². The number of nitrogens with one attached hydrogen (secondary N) is 1. The maximum atomic E-state index is 12.6. The van der Waals surface area contributed by atoms with Crippen molar-refractivity contribution in [2.75, 3.05) is 13.1 Å². The Bertz CT molecular complexity index is 796. The van der Waals surface area contributed by atoms with Gasteiger partial charge in [0.1, 0.15) is 16.8 Å². The van der Waals surface area contributed by atoms with Gasteiger partial charge in [0.15, 0.2) is 0 Å². The van der Waals surface area contributed by atoms with Gasteiger partial charge in [0.05, 0.1) is 10.6 Å². The first kappa shape index (κ1) is 14.3. The van der Waals surface area contributed by atoms with E-state index in [1.807, 2.05) is 53.0 Å². The van der Waals surface area contributed by atoms with Gasteiger partial charge in [-0.25, -0.2) is 13.5 Å². The summed E-state index contributed by atoms with van der Waals surface area (Å²) in [6, 6.07) is 13.6. The number of hydrogen-bond donors (Lipinski definition) is 1. The second kappa shape index (κ2) is 6.06. The molecule has 0 amide bonds. The zero-order chi connectivity index (χ0) is 15.6. The second-order valence-corrected chi connectivity index (χ2v) is 6.99. The lowest BCUT2D eigenvalue weighted by atomic mass is 10.0. The number of hydrogen-bond acceptors (Lipinski definition) is 3. The van der Waals surface area contributed by atoms with Crippen molar-refractivity contribution in [3.05, 3.63) is 66.9 Å². The number of benzene rings is 1. The molecule has 0 spiro atoms. The van der Waals surface area contributed by atoms with E-state index in [0.29, 0.717) is 5.92 Å². The van der Waals surface area contributed by atoms with Gasteiger partial charge in [0.2, 0.25) is 0 Å². The van der Waals surface area contributed by atoms with Crippen LogP contribution in [0.15, 0.2) is 66.0 Å². The molecule has 1 saturated heterocycles. The van der Waals surface area contributed by atoms with E-state index in [0.717, 1.165) is 35.1 Å². The van der Waals surface area contributed by atoms with Crippen LogP contribution in [0, 0.1) is 0 Å². The Kier molecular flexibility index (Phi) is 3.77. The van der Waals surface area contributed by atoms with Crippen LogP contribution in [0.3, 0.4) is 0 Å². The van der Waals surface area contributed by atoms with Crippen LogP contribution >= 0.6 is 0 Å². The van der Waals surface area contributed by atoms with Crippen LogP contribution in [0.1, 0.15) is 11.7 Å². The fourth-order valence-electron chi connectivity index (χ4n) is 2.67. The molecule has 1 atom stereocenters. The van der Waals surface area contributed by atoms with Gasteiger partial charge in [0.25, 0.3) is 0 Å². The Morgan fingerprint density at radius 1 is 1.04 bits per heavy atom. The van der Waals surface area contributed by atoms with Gasteiger partial charge in [-0.15, -0.1) is 0 Å². The number of aromatic amines is 1. The third kappa shape index (κ3) is 2.83. The topological polar surface area (TPSA) is 61.9 Å². The number of rotatable bonds is 4. The van der Waals surface area contributed by atoms with Crippen LogP contribution in [0.25, 0.3) is 11.3 Å². The first-order valence-electron chi connectivity index (χ1n) is 7.49. The molecule has 1 N–H and O–H groups in total. The van der Waals surface area contributed by atoms with Crippen LogP contribution in [0.5, 0.6) is 0 Å². The predicted octanol–water partition coefficient (Wildman–Crippen LogP) is 2.59. The molecule has 2 aromatic heterocycles. The molecular formula is C17H16N4OS. The van der Waals surface area contributed by atoms with Gasteiger partial charge >= 0.3 is 0 Å². The monoisotopic (exact) mass is 324 g/mol. The van der Waals surface area contributed by atoms with E-state index in [1.54, 1.807) is 12.4 Å². The molecule has 0 radical (unpaired) electrons. The third-order valence-corrected chi connectivity index (χ3v) is 5.45. The van der Waals surface area contributed by atoms with E-state index >= 15 is 0 Å². The molecule has 0 bridgehead atoms. The molecule has 0 aliphatic carbocycles. The molecule has 3 aromatic rings. The molecule has 6 heteroatoms. The highest BCUT2D eigenvalue weighted by Crippen LogP contribution is 2.28. The Hall–Kier alpha value is -2.31. The van der Waals surface area contributed by atoms with Crippen molar-refractivity contribution in [2.45, 2.75) is 10.8 Å². The average molecular weight is 324 g/mol.